The van der Waals surface area contributed by atoms with Crippen LogP contribution in [0, 0.1) is 18.6 Å². The Morgan fingerprint density at radius 3 is 2.80 bits per heavy atom. The van der Waals surface area contributed by atoms with Crippen LogP contribution in [0.2, 0.25) is 5.02 Å². The molecule has 2 aromatic carbocycles. The van der Waals surface area contributed by atoms with Gasteiger partial charge >= 0.3 is 0 Å². The molecule has 3 rings (SSSR count). The molecule has 1 aromatic heterocycles. The molecule has 0 saturated carbocycles. The van der Waals surface area contributed by atoms with Crippen LogP contribution in [0.25, 0.3) is 11.3 Å². The van der Waals surface area contributed by atoms with Gasteiger partial charge in [-0.1, -0.05) is 22.8 Å². The molecule has 0 fully saturated rings. The van der Waals surface area contributed by atoms with Crippen molar-refractivity contribution in [1.82, 2.24) is 5.16 Å². The minimum atomic E-state index is -0.762. The quantitative estimate of drug-likeness (QED) is 0.727. The number of benzene rings is 2. The molecule has 0 aliphatic rings. The van der Waals surface area contributed by atoms with Crippen molar-refractivity contribution < 1.29 is 18.1 Å². The van der Waals surface area contributed by atoms with Gasteiger partial charge in [0.05, 0.1) is 17.7 Å². The highest BCUT2D eigenvalue weighted by atomic mass is 35.5. The van der Waals surface area contributed by atoms with Crippen molar-refractivity contribution in [2.75, 3.05) is 5.32 Å². The predicted octanol–water partition coefficient (Wildman–Crippen LogP) is 4.76. The monoisotopic (exact) mass is 362 g/mol. The van der Waals surface area contributed by atoms with Crippen molar-refractivity contribution in [3.05, 3.63) is 70.4 Å². The molecular weight excluding hydrogens is 350 g/mol. The van der Waals surface area contributed by atoms with Gasteiger partial charge in [-0.25, -0.2) is 8.78 Å². The van der Waals surface area contributed by atoms with E-state index in [0.717, 1.165) is 17.7 Å². The summed E-state index contributed by atoms with van der Waals surface area (Å²) in [4.78, 5) is 12.1. The van der Waals surface area contributed by atoms with E-state index in [1.54, 1.807) is 25.1 Å². The maximum Gasteiger partial charge on any atom is 0.230 e. The van der Waals surface area contributed by atoms with Gasteiger partial charge in [-0.05, 0) is 36.8 Å². The zero-order chi connectivity index (χ0) is 18.0. The maximum atomic E-state index is 13.8. The zero-order valence-corrected chi connectivity index (χ0v) is 13.9. The fourth-order valence-corrected chi connectivity index (χ4v) is 2.49. The predicted molar refractivity (Wildman–Crippen MR) is 90.4 cm³/mol. The van der Waals surface area contributed by atoms with Gasteiger partial charge in [0.25, 0.3) is 0 Å². The van der Waals surface area contributed by atoms with Crippen LogP contribution in [0.4, 0.5) is 14.5 Å². The van der Waals surface area contributed by atoms with Crippen LogP contribution in [-0.4, -0.2) is 11.1 Å². The van der Waals surface area contributed by atoms with Crippen molar-refractivity contribution in [3.63, 3.8) is 0 Å². The molecule has 0 unspecified atom stereocenters. The van der Waals surface area contributed by atoms with Crippen LogP contribution in [0.1, 0.15) is 11.3 Å². The summed E-state index contributed by atoms with van der Waals surface area (Å²) >= 11 is 6.01. The number of anilines is 1. The lowest BCUT2D eigenvalue weighted by Crippen LogP contribution is -2.15. The Bertz CT molecular complexity index is 941. The Morgan fingerprint density at radius 2 is 2.04 bits per heavy atom. The Hall–Kier alpha value is -2.73. The second-order valence-electron chi connectivity index (χ2n) is 5.44. The number of nitrogens with zero attached hydrogens (tertiary/aromatic N) is 1. The van der Waals surface area contributed by atoms with E-state index in [9.17, 15) is 13.6 Å². The average Bonchev–Trinajstić information content (AvgIpc) is 3.00. The first-order valence-corrected chi connectivity index (χ1v) is 7.78. The van der Waals surface area contributed by atoms with Gasteiger partial charge < -0.3 is 9.84 Å². The molecule has 0 aliphatic carbocycles. The molecule has 0 radical (unpaired) electrons. The van der Waals surface area contributed by atoms with Crippen molar-refractivity contribution in [2.45, 2.75) is 13.3 Å². The largest absolute Gasteiger partial charge is 0.356 e. The summed E-state index contributed by atoms with van der Waals surface area (Å²) in [6, 6.07) is 9.78. The number of rotatable bonds is 4. The topological polar surface area (TPSA) is 55.1 Å². The normalized spacial score (nSPS) is 10.7. The molecule has 1 heterocycles. The van der Waals surface area contributed by atoms with Crippen LogP contribution in [0.15, 0.2) is 47.0 Å². The summed E-state index contributed by atoms with van der Waals surface area (Å²) in [5.74, 6) is -1.64. The lowest BCUT2D eigenvalue weighted by Gasteiger charge is -2.08. The second-order valence-corrected chi connectivity index (χ2v) is 5.85. The molecule has 0 atom stereocenters. The minimum absolute atomic E-state index is 0.0573. The number of amides is 1. The molecule has 0 spiro atoms. The summed E-state index contributed by atoms with van der Waals surface area (Å²) in [5, 5.41) is 7.04. The first-order chi connectivity index (χ1) is 11.9. The van der Waals surface area contributed by atoms with Crippen molar-refractivity contribution in [2.24, 2.45) is 0 Å². The Morgan fingerprint density at radius 1 is 1.24 bits per heavy atom. The number of nitrogens with one attached hydrogen (secondary N) is 1. The molecular formula is C18H13ClF2N2O2. The van der Waals surface area contributed by atoms with E-state index in [-0.39, 0.29) is 23.7 Å². The van der Waals surface area contributed by atoms with Crippen molar-refractivity contribution in [1.29, 1.82) is 0 Å². The first kappa shape index (κ1) is 17.1. The molecule has 7 heteroatoms. The number of halogens is 3. The van der Waals surface area contributed by atoms with E-state index in [1.165, 1.54) is 12.1 Å². The number of carbonyl (C=O) groups excluding carboxylic acids is 1. The van der Waals surface area contributed by atoms with E-state index in [4.69, 9.17) is 16.1 Å². The fraction of sp³-hybridized carbons (Fsp3) is 0.111. The summed E-state index contributed by atoms with van der Waals surface area (Å²) < 4.78 is 31.8. The number of hydrogen-bond donors (Lipinski definition) is 1. The first-order valence-electron chi connectivity index (χ1n) is 7.40. The number of aromatic nitrogens is 1. The van der Waals surface area contributed by atoms with Gasteiger partial charge in [0.2, 0.25) is 5.91 Å². The van der Waals surface area contributed by atoms with E-state index in [2.05, 4.69) is 10.5 Å². The third-order valence-electron chi connectivity index (χ3n) is 3.64. The van der Waals surface area contributed by atoms with Gasteiger partial charge in [-0.3, -0.25) is 4.79 Å². The highest BCUT2D eigenvalue weighted by Crippen LogP contribution is 2.25. The van der Waals surface area contributed by atoms with Crippen molar-refractivity contribution >= 4 is 23.2 Å². The molecule has 0 aliphatic heterocycles. The lowest BCUT2D eigenvalue weighted by molar-refractivity contribution is -0.115. The average molecular weight is 363 g/mol. The lowest BCUT2D eigenvalue weighted by atomic mass is 10.1. The molecule has 0 bridgehead atoms. The van der Waals surface area contributed by atoms with Crippen LogP contribution < -0.4 is 5.32 Å². The van der Waals surface area contributed by atoms with Crippen LogP contribution in [-0.2, 0) is 11.2 Å². The third-order valence-corrected chi connectivity index (χ3v) is 4.05. The number of hydrogen-bond acceptors (Lipinski definition) is 3. The van der Waals surface area contributed by atoms with Gasteiger partial charge in [0, 0.05) is 22.8 Å². The summed E-state index contributed by atoms with van der Waals surface area (Å²) in [6.07, 6.45) is -0.0573. The second kappa shape index (κ2) is 7.03. The molecule has 128 valence electrons. The summed E-state index contributed by atoms with van der Waals surface area (Å²) in [7, 11) is 0. The Labute approximate surface area is 147 Å². The molecule has 25 heavy (non-hydrogen) atoms. The van der Waals surface area contributed by atoms with Gasteiger partial charge in [0.1, 0.15) is 11.6 Å². The molecule has 1 N–H and O–H groups in total. The smallest absolute Gasteiger partial charge is 0.230 e. The van der Waals surface area contributed by atoms with E-state index in [0.29, 0.717) is 16.4 Å². The van der Waals surface area contributed by atoms with Gasteiger partial charge in [0.15, 0.2) is 5.76 Å². The summed E-state index contributed by atoms with van der Waals surface area (Å²) in [5.41, 5.74) is 1.76. The van der Waals surface area contributed by atoms with Gasteiger partial charge in [-0.15, -0.1) is 0 Å². The highest BCUT2D eigenvalue weighted by molar-refractivity contribution is 6.31. The van der Waals surface area contributed by atoms with Gasteiger partial charge in [-0.2, -0.15) is 0 Å². The third kappa shape index (κ3) is 3.85. The molecule has 3 aromatic rings. The molecule has 1 amide bonds. The number of carbonyl (C=O) groups is 1. The van der Waals surface area contributed by atoms with E-state index in [1.807, 2.05) is 0 Å². The maximum absolute atomic E-state index is 13.8. The van der Waals surface area contributed by atoms with Crippen LogP contribution in [0.3, 0.4) is 0 Å². The standard InChI is InChI=1S/C18H13ClF2N2O2/c1-10-14(19)3-2-4-16(10)22-18(24)9-12-8-17(25-23-12)13-6-5-11(20)7-15(13)21/h2-8H,9H2,1H3,(H,22,24). The Kier molecular flexibility index (Phi) is 4.81. The zero-order valence-electron chi connectivity index (χ0n) is 13.1. The van der Waals surface area contributed by atoms with E-state index < -0.39 is 11.6 Å². The SMILES string of the molecule is Cc1c(Cl)cccc1NC(=O)Cc1cc(-c2ccc(F)cc2F)on1. The summed E-state index contributed by atoms with van der Waals surface area (Å²) in [6.45, 7) is 1.80. The molecule has 4 nitrogen and oxygen atoms in total. The highest BCUT2D eigenvalue weighted by Gasteiger charge is 2.15. The van der Waals surface area contributed by atoms with Crippen LogP contribution in [0.5, 0.6) is 0 Å². The molecule has 0 saturated heterocycles. The van der Waals surface area contributed by atoms with E-state index >= 15 is 0 Å². The van der Waals surface area contributed by atoms with Crippen molar-refractivity contribution in [3.8, 4) is 11.3 Å². The Balaban J connectivity index is 1.73. The fourth-order valence-electron chi connectivity index (χ4n) is 2.31. The van der Waals surface area contributed by atoms with Crippen LogP contribution >= 0.6 is 11.6 Å². The minimum Gasteiger partial charge on any atom is -0.356 e.